The SMILES string of the molecule is Cc1c(C=O)nn(Cc2ccccc2)c1C. The fourth-order valence-corrected chi connectivity index (χ4v) is 1.68. The van der Waals surface area contributed by atoms with E-state index in [0.29, 0.717) is 12.2 Å². The highest BCUT2D eigenvalue weighted by atomic mass is 16.1. The smallest absolute Gasteiger partial charge is 0.170 e. The Morgan fingerprint density at radius 1 is 1.25 bits per heavy atom. The maximum absolute atomic E-state index is 10.8. The molecule has 0 unspecified atom stereocenters. The summed E-state index contributed by atoms with van der Waals surface area (Å²) in [5.41, 5.74) is 3.73. The van der Waals surface area contributed by atoms with E-state index < -0.39 is 0 Å². The van der Waals surface area contributed by atoms with E-state index in [1.807, 2.05) is 36.7 Å². The van der Waals surface area contributed by atoms with Crippen LogP contribution in [0.2, 0.25) is 0 Å². The van der Waals surface area contributed by atoms with Gasteiger partial charge in [0.25, 0.3) is 0 Å². The van der Waals surface area contributed by atoms with Crippen molar-refractivity contribution in [2.75, 3.05) is 0 Å². The first-order valence-corrected chi connectivity index (χ1v) is 5.25. The molecule has 1 heterocycles. The first kappa shape index (κ1) is 10.6. The van der Waals surface area contributed by atoms with E-state index in [-0.39, 0.29) is 0 Å². The van der Waals surface area contributed by atoms with Gasteiger partial charge in [-0.25, -0.2) is 0 Å². The number of carbonyl (C=O) groups excluding carboxylic acids is 1. The Morgan fingerprint density at radius 3 is 2.50 bits per heavy atom. The normalized spacial score (nSPS) is 10.4. The third-order valence-corrected chi connectivity index (χ3v) is 2.83. The molecule has 16 heavy (non-hydrogen) atoms. The highest BCUT2D eigenvalue weighted by molar-refractivity contribution is 5.74. The zero-order valence-corrected chi connectivity index (χ0v) is 9.47. The summed E-state index contributed by atoms with van der Waals surface area (Å²) in [5.74, 6) is 0. The molecule has 0 atom stereocenters. The largest absolute Gasteiger partial charge is 0.296 e. The summed E-state index contributed by atoms with van der Waals surface area (Å²) in [5, 5.41) is 4.27. The van der Waals surface area contributed by atoms with Crippen LogP contribution in [0.3, 0.4) is 0 Å². The molecule has 3 heteroatoms. The van der Waals surface area contributed by atoms with Crippen LogP contribution in [0, 0.1) is 13.8 Å². The van der Waals surface area contributed by atoms with E-state index in [1.54, 1.807) is 0 Å². The molecular weight excluding hydrogens is 200 g/mol. The molecule has 1 aromatic heterocycles. The van der Waals surface area contributed by atoms with Crippen molar-refractivity contribution >= 4 is 6.29 Å². The number of aldehydes is 1. The van der Waals surface area contributed by atoms with Crippen molar-refractivity contribution in [3.8, 4) is 0 Å². The maximum atomic E-state index is 10.8. The summed E-state index contributed by atoms with van der Waals surface area (Å²) in [4.78, 5) is 10.8. The molecule has 0 aliphatic heterocycles. The summed E-state index contributed by atoms with van der Waals surface area (Å²) >= 11 is 0. The number of hydrogen-bond acceptors (Lipinski definition) is 2. The first-order valence-electron chi connectivity index (χ1n) is 5.25. The van der Waals surface area contributed by atoms with Crippen molar-refractivity contribution in [2.24, 2.45) is 0 Å². The van der Waals surface area contributed by atoms with E-state index >= 15 is 0 Å². The Bertz CT molecular complexity index is 500. The summed E-state index contributed by atoms with van der Waals surface area (Å²) in [6.45, 7) is 4.62. The molecule has 0 bridgehead atoms. The van der Waals surface area contributed by atoms with Crippen LogP contribution in [0.1, 0.15) is 27.3 Å². The van der Waals surface area contributed by atoms with Crippen LogP contribution >= 0.6 is 0 Å². The predicted octanol–water partition coefficient (Wildman–Crippen LogP) is 2.36. The predicted molar refractivity (Wildman–Crippen MR) is 62.6 cm³/mol. The van der Waals surface area contributed by atoms with Gasteiger partial charge in [-0.05, 0) is 19.4 Å². The molecule has 0 aliphatic rings. The van der Waals surface area contributed by atoms with Gasteiger partial charge in [-0.1, -0.05) is 30.3 Å². The van der Waals surface area contributed by atoms with Crippen molar-refractivity contribution in [1.29, 1.82) is 0 Å². The molecule has 1 aromatic carbocycles. The average Bonchev–Trinajstić information content (AvgIpc) is 2.58. The van der Waals surface area contributed by atoms with Crippen molar-refractivity contribution in [3.05, 3.63) is 52.8 Å². The van der Waals surface area contributed by atoms with E-state index in [0.717, 1.165) is 17.5 Å². The molecular formula is C13H14N2O. The van der Waals surface area contributed by atoms with E-state index in [1.165, 1.54) is 5.56 Å². The molecule has 0 saturated carbocycles. The number of nitrogens with zero attached hydrogens (tertiary/aromatic N) is 2. The van der Waals surface area contributed by atoms with Gasteiger partial charge >= 0.3 is 0 Å². The zero-order valence-electron chi connectivity index (χ0n) is 9.47. The van der Waals surface area contributed by atoms with Gasteiger partial charge in [0.05, 0.1) is 6.54 Å². The Kier molecular flexibility index (Phi) is 2.86. The Labute approximate surface area is 94.7 Å². The molecule has 2 rings (SSSR count). The van der Waals surface area contributed by atoms with Gasteiger partial charge in [0, 0.05) is 11.3 Å². The highest BCUT2D eigenvalue weighted by Crippen LogP contribution is 2.12. The molecule has 0 radical (unpaired) electrons. The lowest BCUT2D eigenvalue weighted by Gasteiger charge is -2.04. The quantitative estimate of drug-likeness (QED) is 0.735. The van der Waals surface area contributed by atoms with Gasteiger partial charge in [-0.15, -0.1) is 0 Å². The third-order valence-electron chi connectivity index (χ3n) is 2.83. The fraction of sp³-hybridized carbons (Fsp3) is 0.231. The molecule has 0 aliphatic carbocycles. The molecule has 0 saturated heterocycles. The van der Waals surface area contributed by atoms with Crippen molar-refractivity contribution in [1.82, 2.24) is 9.78 Å². The van der Waals surface area contributed by atoms with Crippen molar-refractivity contribution in [3.63, 3.8) is 0 Å². The number of benzene rings is 1. The average molecular weight is 214 g/mol. The van der Waals surface area contributed by atoms with Gasteiger partial charge in [0.1, 0.15) is 5.69 Å². The molecule has 82 valence electrons. The lowest BCUT2D eigenvalue weighted by Crippen LogP contribution is -2.04. The van der Waals surface area contributed by atoms with Crippen LogP contribution in [0.25, 0.3) is 0 Å². The lowest BCUT2D eigenvalue weighted by atomic mass is 10.2. The Balaban J connectivity index is 2.32. The molecule has 0 amide bonds. The second kappa shape index (κ2) is 4.31. The molecule has 0 spiro atoms. The minimum Gasteiger partial charge on any atom is -0.296 e. The van der Waals surface area contributed by atoms with E-state index in [9.17, 15) is 4.79 Å². The summed E-state index contributed by atoms with van der Waals surface area (Å²) in [6, 6.07) is 10.1. The molecule has 0 N–H and O–H groups in total. The Morgan fingerprint density at radius 2 is 1.94 bits per heavy atom. The summed E-state index contributed by atoms with van der Waals surface area (Å²) in [7, 11) is 0. The summed E-state index contributed by atoms with van der Waals surface area (Å²) < 4.78 is 1.87. The second-order valence-corrected chi connectivity index (χ2v) is 3.86. The zero-order chi connectivity index (χ0) is 11.5. The van der Waals surface area contributed by atoms with Crippen LogP contribution in [-0.2, 0) is 6.54 Å². The molecule has 2 aromatic rings. The van der Waals surface area contributed by atoms with Crippen LogP contribution in [0.5, 0.6) is 0 Å². The summed E-state index contributed by atoms with van der Waals surface area (Å²) in [6.07, 6.45) is 0.809. The van der Waals surface area contributed by atoms with Gasteiger partial charge in [-0.3, -0.25) is 9.48 Å². The number of rotatable bonds is 3. The van der Waals surface area contributed by atoms with E-state index in [4.69, 9.17) is 0 Å². The monoisotopic (exact) mass is 214 g/mol. The van der Waals surface area contributed by atoms with Crippen LogP contribution in [0.4, 0.5) is 0 Å². The van der Waals surface area contributed by atoms with Crippen LogP contribution in [0.15, 0.2) is 30.3 Å². The second-order valence-electron chi connectivity index (χ2n) is 3.86. The number of hydrogen-bond donors (Lipinski definition) is 0. The van der Waals surface area contributed by atoms with Gasteiger partial charge in [0.2, 0.25) is 0 Å². The molecule has 3 nitrogen and oxygen atoms in total. The first-order chi connectivity index (χ1) is 7.72. The fourth-order valence-electron chi connectivity index (χ4n) is 1.68. The minimum atomic E-state index is 0.536. The van der Waals surface area contributed by atoms with Crippen LogP contribution < -0.4 is 0 Å². The minimum absolute atomic E-state index is 0.536. The molecule has 0 fully saturated rings. The third kappa shape index (κ3) is 1.89. The van der Waals surface area contributed by atoms with Gasteiger partial charge in [0.15, 0.2) is 6.29 Å². The Hall–Kier alpha value is -1.90. The lowest BCUT2D eigenvalue weighted by molar-refractivity contribution is 0.111. The highest BCUT2D eigenvalue weighted by Gasteiger charge is 2.09. The van der Waals surface area contributed by atoms with E-state index in [2.05, 4.69) is 17.2 Å². The maximum Gasteiger partial charge on any atom is 0.170 e. The van der Waals surface area contributed by atoms with Gasteiger partial charge < -0.3 is 0 Å². The van der Waals surface area contributed by atoms with Crippen LogP contribution in [-0.4, -0.2) is 16.1 Å². The van der Waals surface area contributed by atoms with Crippen molar-refractivity contribution < 1.29 is 4.79 Å². The number of aromatic nitrogens is 2. The standard InChI is InChI=1S/C13H14N2O/c1-10-11(2)15(14-13(10)9-16)8-12-6-4-3-5-7-12/h3-7,9H,8H2,1-2H3. The number of carbonyl (C=O) groups is 1. The van der Waals surface area contributed by atoms with Gasteiger partial charge in [-0.2, -0.15) is 5.10 Å². The topological polar surface area (TPSA) is 34.9 Å². The van der Waals surface area contributed by atoms with Crippen molar-refractivity contribution in [2.45, 2.75) is 20.4 Å².